The van der Waals surface area contributed by atoms with Crippen LogP contribution in [0.1, 0.15) is 42.5 Å². The van der Waals surface area contributed by atoms with Gasteiger partial charge in [0.1, 0.15) is 16.7 Å². The van der Waals surface area contributed by atoms with Gasteiger partial charge in [-0.2, -0.15) is 0 Å². The van der Waals surface area contributed by atoms with E-state index in [0.29, 0.717) is 5.92 Å². The van der Waals surface area contributed by atoms with Gasteiger partial charge in [-0.05, 0) is 5.56 Å². The van der Waals surface area contributed by atoms with E-state index in [1.807, 2.05) is 18.5 Å². The molecule has 6 heteroatoms. The van der Waals surface area contributed by atoms with E-state index in [9.17, 15) is 0 Å². The second-order valence-corrected chi connectivity index (χ2v) is 8.23. The Morgan fingerprint density at radius 3 is 2.70 bits per heavy atom. The van der Waals surface area contributed by atoms with E-state index < -0.39 is 0 Å². The van der Waals surface area contributed by atoms with Gasteiger partial charge in [-0.1, -0.05) is 44.2 Å². The van der Waals surface area contributed by atoms with E-state index in [1.165, 1.54) is 22.8 Å². The highest BCUT2D eigenvalue weighted by molar-refractivity contribution is 7.98. The molecule has 0 saturated carbocycles. The molecule has 0 aliphatic carbocycles. The average Bonchev–Trinajstić information content (AvgIpc) is 3.04. The molecule has 3 heterocycles. The number of rotatable bonds is 5. The number of fused-ring (bicyclic) bond motifs is 1. The van der Waals surface area contributed by atoms with Crippen molar-refractivity contribution in [1.29, 1.82) is 0 Å². The van der Waals surface area contributed by atoms with E-state index in [1.54, 1.807) is 11.8 Å². The Labute approximate surface area is 164 Å². The Balaban J connectivity index is 1.49. The van der Waals surface area contributed by atoms with Crippen molar-refractivity contribution in [3.8, 4) is 0 Å². The van der Waals surface area contributed by atoms with Crippen LogP contribution in [-0.4, -0.2) is 26.1 Å². The summed E-state index contributed by atoms with van der Waals surface area (Å²) in [7, 11) is 2.14. The molecule has 4 rings (SSSR count). The lowest BCUT2D eigenvalue weighted by Crippen LogP contribution is -2.31. The summed E-state index contributed by atoms with van der Waals surface area (Å²) in [4.78, 5) is 16.5. The summed E-state index contributed by atoms with van der Waals surface area (Å²) in [6, 6.07) is 10.5. The van der Waals surface area contributed by atoms with Crippen LogP contribution in [0.25, 0.3) is 0 Å². The highest BCUT2D eigenvalue weighted by Crippen LogP contribution is 2.27. The van der Waals surface area contributed by atoms with E-state index in [0.717, 1.165) is 36.1 Å². The Bertz CT molecular complexity index is 920. The van der Waals surface area contributed by atoms with Gasteiger partial charge in [-0.25, -0.2) is 9.97 Å². The van der Waals surface area contributed by atoms with Crippen LogP contribution in [0.2, 0.25) is 0 Å². The fourth-order valence-corrected chi connectivity index (χ4v) is 4.35. The molecule has 3 aromatic rings. The largest absolute Gasteiger partial charge is 0.349 e. The smallest absolute Gasteiger partial charge is 0.148 e. The predicted octanol–water partition coefficient (Wildman–Crippen LogP) is 4.19. The van der Waals surface area contributed by atoms with Crippen molar-refractivity contribution in [3.05, 3.63) is 65.5 Å². The van der Waals surface area contributed by atoms with Gasteiger partial charge in [0.05, 0.1) is 24.6 Å². The molecule has 0 N–H and O–H groups in total. The predicted molar refractivity (Wildman–Crippen MR) is 110 cm³/mol. The highest BCUT2D eigenvalue weighted by Gasteiger charge is 2.24. The van der Waals surface area contributed by atoms with E-state index in [-0.39, 0.29) is 0 Å². The minimum Gasteiger partial charge on any atom is -0.349 e. The van der Waals surface area contributed by atoms with Crippen LogP contribution in [0.4, 0.5) is 5.82 Å². The summed E-state index contributed by atoms with van der Waals surface area (Å²) in [5.74, 6) is 3.45. The number of thioether (sulfide) groups is 1. The Morgan fingerprint density at radius 2 is 1.93 bits per heavy atom. The van der Waals surface area contributed by atoms with E-state index >= 15 is 0 Å². The monoisotopic (exact) mass is 379 g/mol. The van der Waals surface area contributed by atoms with Crippen molar-refractivity contribution >= 4 is 17.6 Å². The van der Waals surface area contributed by atoms with Crippen LogP contribution in [0, 0.1) is 0 Å². The molecule has 0 radical (unpaired) electrons. The Morgan fingerprint density at radius 1 is 1.11 bits per heavy atom. The van der Waals surface area contributed by atoms with Crippen LogP contribution in [-0.2, 0) is 25.8 Å². The van der Waals surface area contributed by atoms with Gasteiger partial charge in [0.15, 0.2) is 0 Å². The Kier molecular flexibility index (Phi) is 5.16. The van der Waals surface area contributed by atoms with Crippen LogP contribution in [0.15, 0.2) is 47.8 Å². The van der Waals surface area contributed by atoms with Gasteiger partial charge >= 0.3 is 0 Å². The van der Waals surface area contributed by atoms with E-state index in [2.05, 4.69) is 59.6 Å². The van der Waals surface area contributed by atoms with Gasteiger partial charge in [-0.3, -0.25) is 4.98 Å². The van der Waals surface area contributed by atoms with Gasteiger partial charge in [0, 0.05) is 37.4 Å². The molecule has 5 nitrogen and oxygen atoms in total. The molecule has 0 amide bonds. The normalized spacial score (nSPS) is 13.9. The first-order valence-electron chi connectivity index (χ1n) is 9.40. The molecule has 140 valence electrons. The number of anilines is 1. The molecule has 27 heavy (non-hydrogen) atoms. The minimum atomic E-state index is 0.437. The fraction of sp³-hybridized carbons (Fsp3) is 0.381. The van der Waals surface area contributed by atoms with Crippen molar-refractivity contribution in [2.24, 2.45) is 7.05 Å². The maximum Gasteiger partial charge on any atom is 0.148 e. The third-order valence-corrected chi connectivity index (χ3v) is 5.93. The lowest BCUT2D eigenvalue weighted by molar-refractivity contribution is 0.656. The van der Waals surface area contributed by atoms with Crippen LogP contribution in [0.3, 0.4) is 0 Å². The summed E-state index contributed by atoms with van der Waals surface area (Å²) >= 11 is 1.73. The maximum atomic E-state index is 4.89. The Hall–Kier alpha value is -2.34. The molecule has 1 aromatic carbocycles. The first-order chi connectivity index (χ1) is 13.1. The molecule has 0 fully saturated rings. The van der Waals surface area contributed by atoms with Crippen LogP contribution < -0.4 is 4.90 Å². The summed E-state index contributed by atoms with van der Waals surface area (Å²) < 4.78 is 2.27. The number of imidazole rings is 1. The fourth-order valence-electron chi connectivity index (χ4n) is 3.55. The number of hydrogen-bond donors (Lipinski definition) is 0. The molecule has 2 aromatic heterocycles. The molecular formula is C21H25N5S. The molecular weight excluding hydrogens is 354 g/mol. The quantitative estimate of drug-likeness (QED) is 0.622. The van der Waals surface area contributed by atoms with Crippen molar-refractivity contribution in [2.75, 3.05) is 11.4 Å². The lowest BCUT2D eigenvalue weighted by atomic mass is 10.1. The third-order valence-electron chi connectivity index (χ3n) is 4.96. The summed E-state index contributed by atoms with van der Waals surface area (Å²) in [6.07, 6.45) is 4.71. The van der Waals surface area contributed by atoms with Gasteiger partial charge in [0.25, 0.3) is 0 Å². The molecule has 1 aliphatic heterocycles. The van der Waals surface area contributed by atoms with Crippen LogP contribution in [0.5, 0.6) is 0 Å². The van der Waals surface area contributed by atoms with Crippen molar-refractivity contribution < 1.29 is 0 Å². The zero-order valence-corrected chi connectivity index (χ0v) is 16.9. The molecule has 1 aliphatic rings. The number of benzene rings is 1. The van der Waals surface area contributed by atoms with Gasteiger partial charge < -0.3 is 9.47 Å². The lowest BCUT2D eigenvalue weighted by Gasteiger charge is -2.27. The van der Waals surface area contributed by atoms with E-state index in [4.69, 9.17) is 9.97 Å². The van der Waals surface area contributed by atoms with Crippen molar-refractivity contribution in [1.82, 2.24) is 19.5 Å². The molecule has 0 spiro atoms. The van der Waals surface area contributed by atoms with Crippen molar-refractivity contribution in [2.45, 2.75) is 43.5 Å². The maximum absolute atomic E-state index is 4.89. The SMILES string of the molecule is CC(C)c1nc2c(n1C)CCN(c1cncc(SCc3ccccc3)n1)C2. The minimum absolute atomic E-state index is 0.437. The zero-order valence-electron chi connectivity index (χ0n) is 16.1. The summed E-state index contributed by atoms with van der Waals surface area (Å²) in [5, 5.41) is 0.964. The molecule has 0 saturated heterocycles. The first kappa shape index (κ1) is 18.0. The number of hydrogen-bond acceptors (Lipinski definition) is 5. The first-order valence-corrected chi connectivity index (χ1v) is 10.4. The number of aromatic nitrogens is 4. The third kappa shape index (κ3) is 3.86. The second-order valence-electron chi connectivity index (χ2n) is 7.24. The van der Waals surface area contributed by atoms with Gasteiger partial charge in [-0.15, -0.1) is 11.8 Å². The van der Waals surface area contributed by atoms with Gasteiger partial charge in [0.2, 0.25) is 0 Å². The number of nitrogens with zero attached hydrogens (tertiary/aromatic N) is 5. The topological polar surface area (TPSA) is 46.8 Å². The summed E-state index contributed by atoms with van der Waals surface area (Å²) in [6.45, 7) is 6.15. The zero-order chi connectivity index (χ0) is 18.8. The molecule has 0 bridgehead atoms. The summed E-state index contributed by atoms with van der Waals surface area (Å²) in [5.41, 5.74) is 3.83. The molecule has 0 unspecified atom stereocenters. The standard InChI is InChI=1S/C21H25N5S/c1-15(2)21-23-17-13-26(10-9-18(17)25(21)3)19-11-22-12-20(24-19)27-14-16-7-5-4-6-8-16/h4-8,11-12,15H,9-10,13-14H2,1-3H3. The van der Waals surface area contributed by atoms with Crippen molar-refractivity contribution in [3.63, 3.8) is 0 Å². The average molecular weight is 380 g/mol. The molecule has 0 atom stereocenters. The highest BCUT2D eigenvalue weighted by atomic mass is 32.2. The second kappa shape index (κ2) is 7.72. The van der Waals surface area contributed by atoms with Crippen LogP contribution >= 0.6 is 11.8 Å².